The van der Waals surface area contributed by atoms with E-state index in [2.05, 4.69) is 34.2 Å². The van der Waals surface area contributed by atoms with Gasteiger partial charge in [0, 0.05) is 32.4 Å². The SMILES string of the molecule is Cc1ccc(CC(=O)N2CCN(c3cccnn3)CC2)cc1. The molecule has 1 saturated heterocycles. The summed E-state index contributed by atoms with van der Waals surface area (Å²) in [5, 5.41) is 8.03. The Morgan fingerprint density at radius 2 is 1.82 bits per heavy atom. The fourth-order valence-corrected chi connectivity index (χ4v) is 2.64. The molecule has 5 heteroatoms. The molecule has 0 bridgehead atoms. The van der Waals surface area contributed by atoms with Gasteiger partial charge in [-0.1, -0.05) is 29.8 Å². The lowest BCUT2D eigenvalue weighted by Crippen LogP contribution is -2.49. The van der Waals surface area contributed by atoms with Gasteiger partial charge in [0.15, 0.2) is 5.82 Å². The summed E-state index contributed by atoms with van der Waals surface area (Å²) in [5.74, 6) is 1.08. The molecule has 1 amide bonds. The first-order valence-electron chi connectivity index (χ1n) is 7.58. The maximum Gasteiger partial charge on any atom is 0.227 e. The lowest BCUT2D eigenvalue weighted by Gasteiger charge is -2.35. The van der Waals surface area contributed by atoms with Crippen molar-refractivity contribution >= 4 is 11.7 Å². The first-order chi connectivity index (χ1) is 10.7. The van der Waals surface area contributed by atoms with Gasteiger partial charge < -0.3 is 9.80 Å². The lowest BCUT2D eigenvalue weighted by molar-refractivity contribution is -0.130. The summed E-state index contributed by atoms with van der Waals surface area (Å²) in [7, 11) is 0. The predicted molar refractivity (Wildman–Crippen MR) is 85.7 cm³/mol. The smallest absolute Gasteiger partial charge is 0.227 e. The van der Waals surface area contributed by atoms with E-state index in [-0.39, 0.29) is 5.91 Å². The second-order valence-corrected chi connectivity index (χ2v) is 5.61. The van der Waals surface area contributed by atoms with Gasteiger partial charge in [0.05, 0.1) is 6.42 Å². The van der Waals surface area contributed by atoms with E-state index in [4.69, 9.17) is 0 Å². The van der Waals surface area contributed by atoms with Crippen molar-refractivity contribution in [2.75, 3.05) is 31.1 Å². The highest BCUT2D eigenvalue weighted by molar-refractivity contribution is 5.79. The van der Waals surface area contributed by atoms with Crippen molar-refractivity contribution in [3.05, 3.63) is 53.7 Å². The number of rotatable bonds is 3. The molecule has 1 aliphatic heterocycles. The molecule has 0 atom stereocenters. The van der Waals surface area contributed by atoms with Gasteiger partial charge in [-0.25, -0.2) is 0 Å². The Morgan fingerprint density at radius 1 is 1.09 bits per heavy atom. The maximum atomic E-state index is 12.4. The number of nitrogens with zero attached hydrogens (tertiary/aromatic N) is 4. The molecule has 2 aromatic rings. The van der Waals surface area contributed by atoms with Gasteiger partial charge in [-0.2, -0.15) is 5.10 Å². The van der Waals surface area contributed by atoms with Crippen LogP contribution in [0.4, 0.5) is 5.82 Å². The first kappa shape index (κ1) is 14.5. The van der Waals surface area contributed by atoms with Crippen LogP contribution in [0.2, 0.25) is 0 Å². The van der Waals surface area contributed by atoms with Crippen LogP contribution >= 0.6 is 0 Å². The summed E-state index contributed by atoms with van der Waals surface area (Å²) in [4.78, 5) is 16.5. The fourth-order valence-electron chi connectivity index (χ4n) is 2.64. The molecule has 1 aromatic heterocycles. The molecule has 0 N–H and O–H groups in total. The Morgan fingerprint density at radius 3 is 2.45 bits per heavy atom. The van der Waals surface area contributed by atoms with Crippen molar-refractivity contribution in [3.63, 3.8) is 0 Å². The largest absolute Gasteiger partial charge is 0.352 e. The first-order valence-corrected chi connectivity index (χ1v) is 7.58. The standard InChI is InChI=1S/C17H20N4O/c1-14-4-6-15(7-5-14)13-17(22)21-11-9-20(10-12-21)16-3-2-8-18-19-16/h2-8H,9-13H2,1H3. The summed E-state index contributed by atoms with van der Waals surface area (Å²) in [5.41, 5.74) is 2.29. The maximum absolute atomic E-state index is 12.4. The van der Waals surface area contributed by atoms with Crippen molar-refractivity contribution < 1.29 is 4.79 Å². The molecule has 5 nitrogen and oxygen atoms in total. The van der Waals surface area contributed by atoms with E-state index in [9.17, 15) is 4.79 Å². The Kier molecular flexibility index (Phi) is 4.32. The quantitative estimate of drug-likeness (QED) is 0.864. The Bertz CT molecular complexity index is 619. The molecule has 0 radical (unpaired) electrons. The number of amides is 1. The van der Waals surface area contributed by atoms with Crippen LogP contribution in [0.15, 0.2) is 42.6 Å². The molecule has 0 saturated carbocycles. The van der Waals surface area contributed by atoms with Crippen LogP contribution in [0.25, 0.3) is 0 Å². The molecule has 1 aromatic carbocycles. The number of carbonyl (C=O) groups excluding carboxylic acids is 1. The zero-order chi connectivity index (χ0) is 15.4. The van der Waals surface area contributed by atoms with Gasteiger partial charge in [-0.15, -0.1) is 5.10 Å². The summed E-state index contributed by atoms with van der Waals surface area (Å²) in [6.07, 6.45) is 2.15. The molecule has 114 valence electrons. The normalized spacial score (nSPS) is 15.0. The van der Waals surface area contributed by atoms with E-state index < -0.39 is 0 Å². The van der Waals surface area contributed by atoms with Gasteiger partial charge in [0.25, 0.3) is 0 Å². The van der Waals surface area contributed by atoms with Crippen molar-refractivity contribution in [2.45, 2.75) is 13.3 Å². The van der Waals surface area contributed by atoms with Crippen molar-refractivity contribution in [1.29, 1.82) is 0 Å². The van der Waals surface area contributed by atoms with Crippen LogP contribution in [0.1, 0.15) is 11.1 Å². The molecule has 3 rings (SSSR count). The lowest BCUT2D eigenvalue weighted by atomic mass is 10.1. The summed E-state index contributed by atoms with van der Waals surface area (Å²) >= 11 is 0. The summed E-state index contributed by atoms with van der Waals surface area (Å²) in [6.45, 7) is 5.14. The third kappa shape index (κ3) is 3.42. The summed E-state index contributed by atoms with van der Waals surface area (Å²) in [6, 6.07) is 12.0. The van der Waals surface area contributed by atoms with Crippen LogP contribution in [-0.4, -0.2) is 47.2 Å². The number of benzene rings is 1. The molecule has 2 heterocycles. The van der Waals surface area contributed by atoms with Crippen LogP contribution in [0, 0.1) is 6.92 Å². The minimum absolute atomic E-state index is 0.197. The predicted octanol–water partition coefficient (Wildman–Crippen LogP) is 1.68. The second-order valence-electron chi connectivity index (χ2n) is 5.61. The monoisotopic (exact) mass is 296 g/mol. The molecule has 0 spiro atoms. The van der Waals surface area contributed by atoms with E-state index in [1.165, 1.54) is 5.56 Å². The van der Waals surface area contributed by atoms with E-state index in [1.54, 1.807) is 6.20 Å². The fraction of sp³-hybridized carbons (Fsp3) is 0.353. The minimum atomic E-state index is 0.197. The van der Waals surface area contributed by atoms with E-state index in [1.807, 2.05) is 29.2 Å². The van der Waals surface area contributed by atoms with Gasteiger partial charge in [-0.3, -0.25) is 4.79 Å². The zero-order valence-electron chi connectivity index (χ0n) is 12.8. The second kappa shape index (κ2) is 6.56. The van der Waals surface area contributed by atoms with Crippen LogP contribution in [-0.2, 0) is 11.2 Å². The van der Waals surface area contributed by atoms with Crippen molar-refractivity contribution in [2.24, 2.45) is 0 Å². The zero-order valence-corrected chi connectivity index (χ0v) is 12.8. The molecule has 1 fully saturated rings. The molecule has 0 aliphatic carbocycles. The minimum Gasteiger partial charge on any atom is -0.352 e. The number of carbonyl (C=O) groups is 1. The van der Waals surface area contributed by atoms with Gasteiger partial charge in [-0.05, 0) is 24.6 Å². The number of aryl methyl sites for hydroxylation is 1. The van der Waals surface area contributed by atoms with Gasteiger partial charge >= 0.3 is 0 Å². The summed E-state index contributed by atoms with van der Waals surface area (Å²) < 4.78 is 0. The molecular formula is C17H20N4O. The third-order valence-corrected chi connectivity index (χ3v) is 3.99. The van der Waals surface area contributed by atoms with Crippen molar-refractivity contribution in [1.82, 2.24) is 15.1 Å². The highest BCUT2D eigenvalue weighted by Crippen LogP contribution is 2.13. The molecule has 1 aliphatic rings. The van der Waals surface area contributed by atoms with Crippen LogP contribution in [0.3, 0.4) is 0 Å². The average molecular weight is 296 g/mol. The van der Waals surface area contributed by atoms with Crippen LogP contribution < -0.4 is 4.90 Å². The van der Waals surface area contributed by atoms with Gasteiger partial charge in [0.2, 0.25) is 5.91 Å². The number of hydrogen-bond acceptors (Lipinski definition) is 4. The van der Waals surface area contributed by atoms with Gasteiger partial charge in [0.1, 0.15) is 0 Å². The van der Waals surface area contributed by atoms with Crippen molar-refractivity contribution in [3.8, 4) is 0 Å². The third-order valence-electron chi connectivity index (χ3n) is 3.99. The van der Waals surface area contributed by atoms with Crippen LogP contribution in [0.5, 0.6) is 0 Å². The Balaban J connectivity index is 1.54. The number of aromatic nitrogens is 2. The topological polar surface area (TPSA) is 49.3 Å². The van der Waals surface area contributed by atoms with E-state index in [0.29, 0.717) is 6.42 Å². The highest BCUT2D eigenvalue weighted by Gasteiger charge is 2.21. The number of piperazine rings is 1. The number of anilines is 1. The average Bonchev–Trinajstić information content (AvgIpc) is 2.58. The molecule has 22 heavy (non-hydrogen) atoms. The molecular weight excluding hydrogens is 276 g/mol. The van der Waals surface area contributed by atoms with E-state index in [0.717, 1.165) is 37.6 Å². The Labute approximate surface area is 130 Å². The highest BCUT2D eigenvalue weighted by atomic mass is 16.2. The number of hydrogen-bond donors (Lipinski definition) is 0. The Hall–Kier alpha value is -2.43. The van der Waals surface area contributed by atoms with E-state index >= 15 is 0 Å². The molecule has 0 unspecified atom stereocenters.